The summed E-state index contributed by atoms with van der Waals surface area (Å²) >= 11 is 13.4. The molecular formula is C13H10ClIN2O2S. The normalized spacial score (nSPS) is 10.4. The number of ether oxygens (including phenoxy) is 1. The summed E-state index contributed by atoms with van der Waals surface area (Å²) in [6, 6.07) is 5.58. The number of aromatic nitrogens is 2. The highest BCUT2D eigenvalue weighted by Crippen LogP contribution is 2.25. The highest BCUT2D eigenvalue weighted by molar-refractivity contribution is 14.1. The van der Waals surface area contributed by atoms with Gasteiger partial charge in [-0.2, -0.15) is 0 Å². The summed E-state index contributed by atoms with van der Waals surface area (Å²) < 4.78 is 5.85. The number of aromatic amines is 1. The fourth-order valence-electron chi connectivity index (χ4n) is 1.71. The van der Waals surface area contributed by atoms with E-state index >= 15 is 0 Å². The number of benzene rings is 1. The van der Waals surface area contributed by atoms with Crippen molar-refractivity contribution in [2.45, 2.75) is 6.92 Å². The fourth-order valence-corrected chi connectivity index (χ4v) is 2.55. The number of esters is 1. The summed E-state index contributed by atoms with van der Waals surface area (Å²) in [5.41, 5.74) is 1.70. The topological polar surface area (TPSA) is 55.0 Å². The molecule has 104 valence electrons. The van der Waals surface area contributed by atoms with Crippen molar-refractivity contribution in [1.29, 1.82) is 0 Å². The molecule has 1 aromatic heterocycles. The lowest BCUT2D eigenvalue weighted by atomic mass is 10.2. The maximum atomic E-state index is 11.6. The van der Waals surface area contributed by atoms with Crippen molar-refractivity contribution >= 4 is 52.4 Å². The van der Waals surface area contributed by atoms with Gasteiger partial charge in [0.25, 0.3) is 0 Å². The second kappa shape index (κ2) is 6.19. The van der Waals surface area contributed by atoms with Crippen LogP contribution in [0.5, 0.6) is 0 Å². The lowest BCUT2D eigenvalue weighted by Crippen LogP contribution is -2.08. The summed E-state index contributed by atoms with van der Waals surface area (Å²) in [6.07, 6.45) is 0. The van der Waals surface area contributed by atoms with Gasteiger partial charge >= 0.3 is 5.97 Å². The number of H-pyrrole nitrogens is 1. The molecular weight excluding hydrogens is 411 g/mol. The Bertz CT molecular complexity index is 746. The molecule has 0 aliphatic rings. The van der Waals surface area contributed by atoms with E-state index in [2.05, 4.69) is 32.6 Å². The maximum Gasteiger partial charge on any atom is 0.342 e. The molecule has 4 nitrogen and oxygen atoms in total. The Hall–Kier alpha value is -0.990. The van der Waals surface area contributed by atoms with E-state index in [9.17, 15) is 4.79 Å². The van der Waals surface area contributed by atoms with Crippen LogP contribution in [0.4, 0.5) is 0 Å². The molecule has 7 heteroatoms. The van der Waals surface area contributed by atoms with E-state index in [1.165, 1.54) is 7.11 Å². The van der Waals surface area contributed by atoms with Gasteiger partial charge < -0.3 is 9.72 Å². The smallest absolute Gasteiger partial charge is 0.342 e. The predicted molar refractivity (Wildman–Crippen MR) is 88.7 cm³/mol. The van der Waals surface area contributed by atoms with Gasteiger partial charge in [0.15, 0.2) is 0 Å². The van der Waals surface area contributed by atoms with Crippen molar-refractivity contribution in [3.05, 3.63) is 42.7 Å². The van der Waals surface area contributed by atoms with Crippen LogP contribution < -0.4 is 0 Å². The fraction of sp³-hybridized carbons (Fsp3) is 0.154. The van der Waals surface area contributed by atoms with Crippen molar-refractivity contribution in [3.8, 4) is 11.4 Å². The SMILES string of the molecule is COC(=O)c1c(C)[nH]c(-c2ccc(I)c(Cl)c2)nc1=S. The number of halogens is 2. The predicted octanol–water partition coefficient (Wildman–Crippen LogP) is 4.16. The third kappa shape index (κ3) is 3.02. The van der Waals surface area contributed by atoms with Gasteiger partial charge in [0.05, 0.1) is 12.1 Å². The zero-order valence-corrected chi connectivity index (χ0v) is 14.4. The maximum absolute atomic E-state index is 11.6. The van der Waals surface area contributed by atoms with Crippen LogP contribution in [0.1, 0.15) is 16.1 Å². The van der Waals surface area contributed by atoms with E-state index in [1.807, 2.05) is 12.1 Å². The molecule has 0 saturated carbocycles. The van der Waals surface area contributed by atoms with Crippen molar-refractivity contribution < 1.29 is 9.53 Å². The van der Waals surface area contributed by atoms with Gasteiger partial charge in [-0.05, 0) is 41.6 Å². The number of carbonyl (C=O) groups is 1. The molecule has 1 aromatic carbocycles. The van der Waals surface area contributed by atoms with E-state index in [1.54, 1.807) is 13.0 Å². The molecule has 0 aliphatic carbocycles. The number of hydrogen-bond donors (Lipinski definition) is 1. The minimum Gasteiger partial charge on any atom is -0.465 e. The molecule has 2 aromatic rings. The monoisotopic (exact) mass is 420 g/mol. The molecule has 0 saturated heterocycles. The molecule has 0 radical (unpaired) electrons. The Kier molecular flexibility index (Phi) is 4.77. The van der Waals surface area contributed by atoms with Gasteiger partial charge in [-0.15, -0.1) is 0 Å². The molecule has 2 rings (SSSR count). The molecule has 0 bridgehead atoms. The van der Waals surface area contributed by atoms with E-state index in [-0.39, 0.29) is 10.2 Å². The van der Waals surface area contributed by atoms with Crippen molar-refractivity contribution in [2.75, 3.05) is 7.11 Å². The summed E-state index contributed by atoms with van der Waals surface area (Å²) in [5, 5.41) is 0.638. The van der Waals surface area contributed by atoms with E-state index in [4.69, 9.17) is 28.6 Å². The molecule has 1 N–H and O–H groups in total. The second-order valence-electron chi connectivity index (χ2n) is 4.01. The Morgan fingerprint density at radius 1 is 1.50 bits per heavy atom. The molecule has 0 unspecified atom stereocenters. The Balaban J connectivity index is 2.57. The largest absolute Gasteiger partial charge is 0.465 e. The number of nitrogens with zero attached hydrogens (tertiary/aromatic N) is 1. The molecule has 1 heterocycles. The quantitative estimate of drug-likeness (QED) is 0.450. The lowest BCUT2D eigenvalue weighted by molar-refractivity contribution is 0.0598. The number of methoxy groups -OCH3 is 1. The van der Waals surface area contributed by atoms with Crippen LogP contribution in [-0.2, 0) is 4.74 Å². The molecule has 0 fully saturated rings. The highest BCUT2D eigenvalue weighted by atomic mass is 127. The van der Waals surface area contributed by atoms with Crippen LogP contribution in [0.3, 0.4) is 0 Å². The highest BCUT2D eigenvalue weighted by Gasteiger charge is 2.15. The second-order valence-corrected chi connectivity index (χ2v) is 5.97. The average molecular weight is 421 g/mol. The van der Waals surface area contributed by atoms with Gasteiger partial charge in [0, 0.05) is 14.8 Å². The number of hydrogen-bond acceptors (Lipinski definition) is 4. The van der Waals surface area contributed by atoms with Gasteiger partial charge in [0.1, 0.15) is 16.0 Å². The molecule has 20 heavy (non-hydrogen) atoms. The Morgan fingerprint density at radius 2 is 2.20 bits per heavy atom. The minimum absolute atomic E-state index is 0.206. The van der Waals surface area contributed by atoms with Crippen LogP contribution in [0, 0.1) is 15.1 Å². The summed E-state index contributed by atoms with van der Waals surface area (Å²) in [7, 11) is 1.31. The zero-order chi connectivity index (χ0) is 14.9. The van der Waals surface area contributed by atoms with Crippen LogP contribution in [-0.4, -0.2) is 23.0 Å². The van der Waals surface area contributed by atoms with Crippen LogP contribution in [0.15, 0.2) is 18.2 Å². The first-order valence-corrected chi connectivity index (χ1v) is 7.45. The number of nitrogens with one attached hydrogen (secondary N) is 1. The van der Waals surface area contributed by atoms with Crippen LogP contribution >= 0.6 is 46.4 Å². The van der Waals surface area contributed by atoms with Gasteiger partial charge in [0.2, 0.25) is 0 Å². The van der Waals surface area contributed by atoms with Crippen molar-refractivity contribution in [1.82, 2.24) is 9.97 Å². The summed E-state index contributed by atoms with van der Waals surface area (Å²) in [5.74, 6) is 0.0712. The Labute approximate surface area is 139 Å². The van der Waals surface area contributed by atoms with Gasteiger partial charge in [-0.25, -0.2) is 9.78 Å². The zero-order valence-electron chi connectivity index (χ0n) is 10.7. The van der Waals surface area contributed by atoms with E-state index < -0.39 is 5.97 Å². The number of aryl methyl sites for hydroxylation is 1. The van der Waals surface area contributed by atoms with Crippen LogP contribution in [0.2, 0.25) is 5.02 Å². The van der Waals surface area contributed by atoms with Gasteiger partial charge in [-0.1, -0.05) is 29.9 Å². The summed E-state index contributed by atoms with van der Waals surface area (Å²) in [4.78, 5) is 18.9. The Morgan fingerprint density at radius 3 is 2.75 bits per heavy atom. The standard InChI is InChI=1S/C13H10ClIN2O2S/c1-6-10(13(18)19-2)12(20)17-11(16-6)7-3-4-9(15)8(14)5-7/h3-5H,1-2H3,(H,16,17,20). The summed E-state index contributed by atoms with van der Waals surface area (Å²) in [6.45, 7) is 1.75. The molecule has 0 atom stereocenters. The van der Waals surface area contributed by atoms with E-state index in [0.29, 0.717) is 16.5 Å². The van der Waals surface area contributed by atoms with Crippen molar-refractivity contribution in [3.63, 3.8) is 0 Å². The van der Waals surface area contributed by atoms with Crippen molar-refractivity contribution in [2.24, 2.45) is 0 Å². The number of carbonyl (C=O) groups excluding carboxylic acids is 1. The molecule has 0 spiro atoms. The average Bonchev–Trinajstić information content (AvgIpc) is 2.40. The first-order chi connectivity index (χ1) is 9.43. The molecule has 0 amide bonds. The molecule has 0 aliphatic heterocycles. The number of rotatable bonds is 2. The minimum atomic E-state index is -0.497. The first-order valence-electron chi connectivity index (χ1n) is 5.58. The first kappa shape index (κ1) is 15.4. The van der Waals surface area contributed by atoms with E-state index in [0.717, 1.165) is 9.13 Å². The third-order valence-corrected chi connectivity index (χ3v) is 4.56. The lowest BCUT2D eigenvalue weighted by Gasteiger charge is -2.08. The third-order valence-electron chi connectivity index (χ3n) is 2.69. The van der Waals surface area contributed by atoms with Crippen LogP contribution in [0.25, 0.3) is 11.4 Å². The van der Waals surface area contributed by atoms with Gasteiger partial charge in [-0.3, -0.25) is 0 Å².